The lowest BCUT2D eigenvalue weighted by atomic mass is 10.1. The fourth-order valence-electron chi connectivity index (χ4n) is 1.10. The van der Waals surface area contributed by atoms with Gasteiger partial charge in [0.2, 0.25) is 0 Å². The van der Waals surface area contributed by atoms with Crippen LogP contribution in [0.25, 0.3) is 0 Å². The molecular formula is C10H13NO2. The van der Waals surface area contributed by atoms with Crippen LogP contribution in [0, 0.1) is 5.92 Å². The predicted molar refractivity (Wildman–Crippen MR) is 49.8 cm³/mol. The van der Waals surface area contributed by atoms with Crippen molar-refractivity contribution >= 4 is 11.8 Å². The van der Waals surface area contributed by atoms with Crippen molar-refractivity contribution in [2.24, 2.45) is 5.92 Å². The Hall–Kier alpha value is -1.38. The van der Waals surface area contributed by atoms with E-state index in [1.54, 1.807) is 0 Å². The van der Waals surface area contributed by atoms with Gasteiger partial charge in [0, 0.05) is 18.7 Å². The van der Waals surface area contributed by atoms with Gasteiger partial charge in [-0.2, -0.15) is 0 Å². The summed E-state index contributed by atoms with van der Waals surface area (Å²) in [4.78, 5) is 23.4. The van der Waals surface area contributed by atoms with Gasteiger partial charge in [0.15, 0.2) is 0 Å². The lowest BCUT2D eigenvalue weighted by Gasteiger charge is -2.14. The second-order valence-corrected chi connectivity index (χ2v) is 3.16. The van der Waals surface area contributed by atoms with Crippen LogP contribution in [-0.4, -0.2) is 23.3 Å². The van der Waals surface area contributed by atoms with Crippen LogP contribution >= 0.6 is 0 Å². The highest BCUT2D eigenvalue weighted by molar-refractivity contribution is 6.12. The third-order valence-corrected chi connectivity index (χ3v) is 2.11. The van der Waals surface area contributed by atoms with Crippen LogP contribution in [0.1, 0.15) is 13.3 Å². The minimum atomic E-state index is -0.207. The zero-order chi connectivity index (χ0) is 9.84. The van der Waals surface area contributed by atoms with E-state index in [4.69, 9.17) is 0 Å². The molecule has 0 saturated carbocycles. The molecule has 1 aliphatic heterocycles. The van der Waals surface area contributed by atoms with E-state index in [0.717, 1.165) is 6.42 Å². The number of hydrogen-bond acceptors (Lipinski definition) is 2. The summed E-state index contributed by atoms with van der Waals surface area (Å²) in [6.45, 7) is 6.13. The van der Waals surface area contributed by atoms with Crippen LogP contribution in [0.3, 0.4) is 0 Å². The SMILES string of the molecule is C=CC(C)CCN1C(=O)C=CC1=O. The Morgan fingerprint density at radius 3 is 2.46 bits per heavy atom. The molecule has 1 atom stereocenters. The van der Waals surface area contributed by atoms with E-state index in [2.05, 4.69) is 6.58 Å². The summed E-state index contributed by atoms with van der Waals surface area (Å²) in [5, 5.41) is 0. The predicted octanol–water partition coefficient (Wildman–Crippen LogP) is 1.12. The van der Waals surface area contributed by atoms with Crippen LogP contribution in [0.5, 0.6) is 0 Å². The van der Waals surface area contributed by atoms with E-state index in [1.807, 2.05) is 13.0 Å². The van der Waals surface area contributed by atoms with Crippen LogP contribution in [0.15, 0.2) is 24.8 Å². The maximum absolute atomic E-state index is 11.1. The highest BCUT2D eigenvalue weighted by atomic mass is 16.2. The van der Waals surface area contributed by atoms with Crippen molar-refractivity contribution in [3.8, 4) is 0 Å². The van der Waals surface area contributed by atoms with Crippen molar-refractivity contribution in [2.45, 2.75) is 13.3 Å². The van der Waals surface area contributed by atoms with E-state index in [9.17, 15) is 9.59 Å². The van der Waals surface area contributed by atoms with Crippen molar-refractivity contribution in [1.29, 1.82) is 0 Å². The van der Waals surface area contributed by atoms with Gasteiger partial charge in [-0.25, -0.2) is 0 Å². The van der Waals surface area contributed by atoms with Gasteiger partial charge in [-0.3, -0.25) is 14.5 Å². The number of imide groups is 1. The molecule has 1 heterocycles. The van der Waals surface area contributed by atoms with Gasteiger partial charge in [-0.05, 0) is 12.3 Å². The summed E-state index contributed by atoms with van der Waals surface area (Å²) < 4.78 is 0. The van der Waals surface area contributed by atoms with E-state index in [0.29, 0.717) is 12.5 Å². The molecule has 0 aromatic carbocycles. The van der Waals surface area contributed by atoms with Crippen LogP contribution in [0.4, 0.5) is 0 Å². The minimum absolute atomic E-state index is 0.207. The van der Waals surface area contributed by atoms with Crippen molar-refractivity contribution in [2.75, 3.05) is 6.54 Å². The van der Waals surface area contributed by atoms with Gasteiger partial charge in [0.05, 0.1) is 0 Å². The maximum Gasteiger partial charge on any atom is 0.253 e. The number of rotatable bonds is 4. The van der Waals surface area contributed by atoms with Gasteiger partial charge < -0.3 is 0 Å². The number of amides is 2. The van der Waals surface area contributed by atoms with Crippen LogP contribution in [0.2, 0.25) is 0 Å². The fraction of sp³-hybridized carbons (Fsp3) is 0.400. The molecule has 1 aliphatic rings. The number of hydrogen-bond donors (Lipinski definition) is 0. The molecule has 13 heavy (non-hydrogen) atoms. The monoisotopic (exact) mass is 179 g/mol. The highest BCUT2D eigenvalue weighted by Gasteiger charge is 2.22. The summed E-state index contributed by atoms with van der Waals surface area (Å²) in [5.74, 6) is -0.0799. The number of allylic oxidation sites excluding steroid dienone is 1. The molecule has 3 heteroatoms. The second-order valence-electron chi connectivity index (χ2n) is 3.16. The summed E-state index contributed by atoms with van der Waals surface area (Å²) in [5.41, 5.74) is 0. The third kappa shape index (κ3) is 2.28. The first kappa shape index (κ1) is 9.71. The molecule has 0 aliphatic carbocycles. The van der Waals surface area contributed by atoms with Crippen molar-refractivity contribution in [3.05, 3.63) is 24.8 Å². The Bertz CT molecular complexity index is 250. The quantitative estimate of drug-likeness (QED) is 0.479. The van der Waals surface area contributed by atoms with Crippen molar-refractivity contribution in [3.63, 3.8) is 0 Å². The Balaban J connectivity index is 2.42. The Morgan fingerprint density at radius 1 is 1.46 bits per heavy atom. The first-order chi connectivity index (χ1) is 6.15. The van der Waals surface area contributed by atoms with Crippen LogP contribution in [-0.2, 0) is 9.59 Å². The van der Waals surface area contributed by atoms with Crippen LogP contribution < -0.4 is 0 Å². The standard InChI is InChI=1S/C10H13NO2/c1-3-8(2)6-7-11-9(12)4-5-10(11)13/h3-5,8H,1,6-7H2,2H3. The zero-order valence-electron chi connectivity index (χ0n) is 7.69. The molecule has 1 rings (SSSR count). The van der Waals surface area contributed by atoms with E-state index < -0.39 is 0 Å². The molecule has 3 nitrogen and oxygen atoms in total. The van der Waals surface area contributed by atoms with Gasteiger partial charge in [0.25, 0.3) is 11.8 Å². The Morgan fingerprint density at radius 2 is 2.00 bits per heavy atom. The first-order valence-electron chi connectivity index (χ1n) is 4.31. The lowest BCUT2D eigenvalue weighted by molar-refractivity contribution is -0.136. The molecule has 0 aromatic heterocycles. The average Bonchev–Trinajstić information content (AvgIpc) is 2.43. The topological polar surface area (TPSA) is 37.4 Å². The molecule has 0 aromatic rings. The number of nitrogens with zero attached hydrogens (tertiary/aromatic N) is 1. The summed E-state index contributed by atoms with van der Waals surface area (Å²) in [7, 11) is 0. The summed E-state index contributed by atoms with van der Waals surface area (Å²) in [6.07, 6.45) is 5.21. The van der Waals surface area contributed by atoms with E-state index in [-0.39, 0.29) is 11.8 Å². The smallest absolute Gasteiger partial charge is 0.253 e. The zero-order valence-corrected chi connectivity index (χ0v) is 7.69. The molecule has 0 saturated heterocycles. The summed E-state index contributed by atoms with van der Waals surface area (Å²) in [6, 6.07) is 0. The second kappa shape index (κ2) is 4.03. The normalized spacial score (nSPS) is 18.1. The minimum Gasteiger partial charge on any atom is -0.275 e. The fourth-order valence-corrected chi connectivity index (χ4v) is 1.10. The molecule has 0 fully saturated rings. The first-order valence-corrected chi connectivity index (χ1v) is 4.31. The van der Waals surface area contributed by atoms with Gasteiger partial charge in [-0.15, -0.1) is 6.58 Å². The molecule has 0 spiro atoms. The van der Waals surface area contributed by atoms with Gasteiger partial charge in [-0.1, -0.05) is 13.0 Å². The summed E-state index contributed by atoms with van der Waals surface area (Å²) >= 11 is 0. The third-order valence-electron chi connectivity index (χ3n) is 2.11. The molecule has 0 N–H and O–H groups in total. The largest absolute Gasteiger partial charge is 0.275 e. The van der Waals surface area contributed by atoms with Gasteiger partial charge in [0.1, 0.15) is 0 Å². The average molecular weight is 179 g/mol. The van der Waals surface area contributed by atoms with E-state index >= 15 is 0 Å². The molecule has 1 unspecified atom stereocenters. The Labute approximate surface area is 77.7 Å². The van der Waals surface area contributed by atoms with Gasteiger partial charge >= 0.3 is 0 Å². The van der Waals surface area contributed by atoms with E-state index in [1.165, 1.54) is 17.1 Å². The Kier molecular flexibility index (Phi) is 3.01. The molecule has 2 amide bonds. The molecule has 70 valence electrons. The number of carbonyl (C=O) groups is 2. The molecule has 0 bridgehead atoms. The molecule has 0 radical (unpaired) electrons. The lowest BCUT2D eigenvalue weighted by Crippen LogP contribution is -2.31. The maximum atomic E-state index is 11.1. The highest BCUT2D eigenvalue weighted by Crippen LogP contribution is 2.08. The van der Waals surface area contributed by atoms with Crippen molar-refractivity contribution < 1.29 is 9.59 Å². The number of carbonyl (C=O) groups excluding carboxylic acids is 2. The van der Waals surface area contributed by atoms with Crippen molar-refractivity contribution in [1.82, 2.24) is 4.90 Å². The molecular weight excluding hydrogens is 166 g/mol.